The maximum absolute atomic E-state index is 13.2. The molecule has 1 aliphatic heterocycles. The van der Waals surface area contributed by atoms with Crippen LogP contribution in [0.25, 0.3) is 0 Å². The lowest BCUT2D eigenvalue weighted by atomic mass is 9.77. The molecule has 0 radical (unpaired) electrons. The molecular weight excluding hydrogens is 531 g/mol. The maximum atomic E-state index is 13.2. The van der Waals surface area contributed by atoms with Crippen molar-refractivity contribution in [2.45, 2.75) is 29.5 Å². The van der Waals surface area contributed by atoms with E-state index in [0.29, 0.717) is 11.8 Å². The van der Waals surface area contributed by atoms with Crippen molar-refractivity contribution in [2.24, 2.45) is 5.92 Å². The topological polar surface area (TPSA) is 101 Å². The first kappa shape index (κ1) is 25.1. The molecule has 1 aliphatic carbocycles. The SMILES string of the molecule is O=[N+]([O-])c1ccc([C@H]2Nc3ccc(S(=O)(=O)Nc4ccc(Cl)c(C(F)(F)F)c4)cc3[C@H]3C=CC[C@H]32)cc1. The molecule has 0 spiro atoms. The van der Waals surface area contributed by atoms with E-state index in [1.54, 1.807) is 18.2 Å². The van der Waals surface area contributed by atoms with Crippen molar-refractivity contribution in [3.05, 3.63) is 105 Å². The van der Waals surface area contributed by atoms with E-state index in [-0.39, 0.29) is 34.1 Å². The number of halogens is 4. The van der Waals surface area contributed by atoms with Gasteiger partial charge in [-0.05, 0) is 59.9 Å². The standard InChI is InChI=1S/C25H19ClF3N3O4S/c26-22-10-6-15(12-21(22)25(27,28)29)31-37(35,36)17-9-11-23-20(13-17)18-2-1-3-19(18)24(30-23)14-4-7-16(8-5-14)32(33)34/h1-2,4-13,18-19,24,30-31H,3H2/t18-,19+,24+/m0/s1. The smallest absolute Gasteiger partial charge is 0.378 e. The molecule has 192 valence electrons. The Bertz CT molecular complexity index is 1530. The van der Waals surface area contributed by atoms with Crippen molar-refractivity contribution < 1.29 is 26.5 Å². The number of nitrogens with one attached hydrogen (secondary N) is 2. The van der Waals surface area contributed by atoms with Crippen molar-refractivity contribution in [1.29, 1.82) is 0 Å². The minimum Gasteiger partial charge on any atom is -0.378 e. The molecule has 2 aliphatic rings. The minimum atomic E-state index is -4.74. The molecule has 0 saturated heterocycles. The number of alkyl halides is 3. The Morgan fingerprint density at radius 2 is 1.78 bits per heavy atom. The zero-order chi connectivity index (χ0) is 26.5. The Hall–Kier alpha value is -3.57. The van der Waals surface area contributed by atoms with Crippen molar-refractivity contribution in [1.82, 2.24) is 0 Å². The van der Waals surface area contributed by atoms with E-state index in [9.17, 15) is 31.7 Å². The number of sulfonamides is 1. The largest absolute Gasteiger partial charge is 0.417 e. The molecule has 0 aromatic heterocycles. The van der Waals surface area contributed by atoms with Gasteiger partial charge in [0, 0.05) is 29.4 Å². The quantitative estimate of drug-likeness (QED) is 0.205. The van der Waals surface area contributed by atoms with Crippen LogP contribution in [-0.2, 0) is 16.2 Å². The van der Waals surface area contributed by atoms with Crippen LogP contribution in [0.3, 0.4) is 0 Å². The summed E-state index contributed by atoms with van der Waals surface area (Å²) in [4.78, 5) is 10.5. The van der Waals surface area contributed by atoms with Crippen molar-refractivity contribution in [3.8, 4) is 0 Å². The predicted molar refractivity (Wildman–Crippen MR) is 133 cm³/mol. The van der Waals surface area contributed by atoms with Crippen LogP contribution in [-0.4, -0.2) is 13.3 Å². The number of hydrogen-bond acceptors (Lipinski definition) is 5. The molecule has 0 amide bonds. The highest BCUT2D eigenvalue weighted by Crippen LogP contribution is 2.50. The number of hydrogen-bond donors (Lipinski definition) is 2. The van der Waals surface area contributed by atoms with E-state index in [2.05, 4.69) is 10.0 Å². The van der Waals surface area contributed by atoms with Crippen LogP contribution in [0.15, 0.2) is 77.7 Å². The van der Waals surface area contributed by atoms with Gasteiger partial charge in [-0.2, -0.15) is 13.2 Å². The Morgan fingerprint density at radius 3 is 2.46 bits per heavy atom. The molecule has 3 aromatic rings. The van der Waals surface area contributed by atoms with Gasteiger partial charge in [-0.3, -0.25) is 14.8 Å². The second-order valence-corrected chi connectivity index (χ2v) is 11.0. The molecule has 3 atom stereocenters. The average molecular weight is 550 g/mol. The third kappa shape index (κ3) is 4.76. The molecule has 0 bridgehead atoms. The van der Waals surface area contributed by atoms with Gasteiger partial charge in [0.25, 0.3) is 15.7 Å². The summed E-state index contributed by atoms with van der Waals surface area (Å²) in [5.74, 6) is -0.0653. The van der Waals surface area contributed by atoms with Gasteiger partial charge in [0.2, 0.25) is 0 Å². The summed E-state index contributed by atoms with van der Waals surface area (Å²) in [7, 11) is -4.21. The van der Waals surface area contributed by atoms with Crippen LogP contribution < -0.4 is 10.0 Å². The molecule has 5 rings (SSSR count). The molecule has 0 saturated carbocycles. The van der Waals surface area contributed by atoms with Gasteiger partial charge in [-0.15, -0.1) is 0 Å². The zero-order valence-electron chi connectivity index (χ0n) is 18.9. The fourth-order valence-electron chi connectivity index (χ4n) is 4.89. The fraction of sp³-hybridized carbons (Fsp3) is 0.200. The molecule has 3 aromatic carbocycles. The van der Waals surface area contributed by atoms with Crippen molar-refractivity contribution in [2.75, 3.05) is 10.0 Å². The Kier molecular flexibility index (Phi) is 6.15. The highest BCUT2D eigenvalue weighted by Gasteiger charge is 2.39. The molecule has 37 heavy (non-hydrogen) atoms. The van der Waals surface area contributed by atoms with Gasteiger partial charge >= 0.3 is 6.18 Å². The fourth-order valence-corrected chi connectivity index (χ4v) is 6.20. The summed E-state index contributed by atoms with van der Waals surface area (Å²) < 4.78 is 68.0. The minimum absolute atomic E-state index is 0.00792. The van der Waals surface area contributed by atoms with E-state index in [0.717, 1.165) is 23.6 Å². The molecule has 12 heteroatoms. The first-order valence-corrected chi connectivity index (χ1v) is 13.0. The number of rotatable bonds is 5. The van der Waals surface area contributed by atoms with Crippen molar-refractivity contribution in [3.63, 3.8) is 0 Å². The summed E-state index contributed by atoms with van der Waals surface area (Å²) in [5.41, 5.74) is 0.917. The average Bonchev–Trinajstić information content (AvgIpc) is 3.34. The first-order valence-electron chi connectivity index (χ1n) is 11.1. The lowest BCUT2D eigenvalue weighted by molar-refractivity contribution is -0.384. The van der Waals surface area contributed by atoms with Gasteiger partial charge in [-0.1, -0.05) is 35.9 Å². The monoisotopic (exact) mass is 549 g/mol. The number of non-ortho nitro benzene ring substituents is 1. The van der Waals surface area contributed by atoms with Crippen LogP contribution in [0.4, 0.5) is 30.2 Å². The van der Waals surface area contributed by atoms with E-state index in [1.165, 1.54) is 30.3 Å². The first-order chi connectivity index (χ1) is 17.4. The molecule has 2 N–H and O–H groups in total. The predicted octanol–water partition coefficient (Wildman–Crippen LogP) is 6.89. The zero-order valence-corrected chi connectivity index (χ0v) is 20.4. The van der Waals surface area contributed by atoms with E-state index < -0.39 is 31.7 Å². The number of allylic oxidation sites excluding steroid dienone is 2. The van der Waals surface area contributed by atoms with Gasteiger partial charge < -0.3 is 5.32 Å². The maximum Gasteiger partial charge on any atom is 0.417 e. The number of anilines is 2. The number of benzene rings is 3. The van der Waals surface area contributed by atoms with Gasteiger partial charge in [0.1, 0.15) is 0 Å². The molecule has 1 heterocycles. The van der Waals surface area contributed by atoms with Gasteiger partial charge in [0.05, 0.1) is 26.4 Å². The number of nitro benzene ring substituents is 1. The van der Waals surface area contributed by atoms with Gasteiger partial charge in [-0.25, -0.2) is 8.42 Å². The van der Waals surface area contributed by atoms with Crippen LogP contribution >= 0.6 is 11.6 Å². The van der Waals surface area contributed by atoms with Crippen LogP contribution in [0, 0.1) is 16.0 Å². The number of fused-ring (bicyclic) bond motifs is 3. The number of nitrogens with zero attached hydrogens (tertiary/aromatic N) is 1. The Morgan fingerprint density at radius 1 is 1.05 bits per heavy atom. The lowest BCUT2D eigenvalue weighted by Gasteiger charge is -2.37. The number of nitro groups is 1. The van der Waals surface area contributed by atoms with Crippen LogP contribution in [0.5, 0.6) is 0 Å². The highest BCUT2D eigenvalue weighted by atomic mass is 35.5. The van der Waals surface area contributed by atoms with Crippen LogP contribution in [0.1, 0.15) is 35.1 Å². The summed E-state index contributed by atoms with van der Waals surface area (Å²) in [6, 6.07) is 13.5. The summed E-state index contributed by atoms with van der Waals surface area (Å²) in [5, 5.41) is 13.9. The summed E-state index contributed by atoms with van der Waals surface area (Å²) in [6.45, 7) is 0. The summed E-state index contributed by atoms with van der Waals surface area (Å²) >= 11 is 5.64. The third-order valence-corrected chi connectivity index (χ3v) is 8.34. The highest BCUT2D eigenvalue weighted by molar-refractivity contribution is 7.92. The Labute approximate surface area is 215 Å². The second kappa shape index (κ2) is 9.07. The third-order valence-electron chi connectivity index (χ3n) is 6.63. The lowest BCUT2D eigenvalue weighted by Crippen LogP contribution is -2.29. The second-order valence-electron chi connectivity index (χ2n) is 8.87. The Balaban J connectivity index is 1.45. The molecule has 7 nitrogen and oxygen atoms in total. The molecule has 0 unspecified atom stereocenters. The van der Waals surface area contributed by atoms with E-state index >= 15 is 0 Å². The van der Waals surface area contributed by atoms with Crippen LogP contribution in [0.2, 0.25) is 5.02 Å². The van der Waals surface area contributed by atoms with E-state index in [4.69, 9.17) is 11.6 Å². The normalized spacial score (nSPS) is 20.6. The van der Waals surface area contributed by atoms with Gasteiger partial charge in [0.15, 0.2) is 0 Å². The summed E-state index contributed by atoms with van der Waals surface area (Å²) in [6.07, 6.45) is -0.00327. The molecular formula is C25H19ClF3N3O4S. The van der Waals surface area contributed by atoms with Crippen molar-refractivity contribution >= 4 is 38.7 Å². The van der Waals surface area contributed by atoms with E-state index in [1.807, 2.05) is 12.2 Å². The molecule has 0 fully saturated rings.